The predicted octanol–water partition coefficient (Wildman–Crippen LogP) is 6.41. The first-order valence-corrected chi connectivity index (χ1v) is 11.5. The van der Waals surface area contributed by atoms with E-state index in [-0.39, 0.29) is 11.2 Å². The number of aldehydes is 1. The lowest BCUT2D eigenvalue weighted by molar-refractivity contribution is 0.0163. The van der Waals surface area contributed by atoms with Crippen LogP contribution in [0.1, 0.15) is 47.8 Å². The molecule has 1 saturated carbocycles. The Bertz CT molecular complexity index is 1370. The van der Waals surface area contributed by atoms with E-state index in [1.807, 2.05) is 71.4 Å². The van der Waals surface area contributed by atoms with Crippen molar-refractivity contribution in [2.24, 2.45) is 11.3 Å². The zero-order chi connectivity index (χ0) is 22.7. The number of rotatable bonds is 4. The van der Waals surface area contributed by atoms with Crippen molar-refractivity contribution in [3.8, 4) is 33.8 Å². The summed E-state index contributed by atoms with van der Waals surface area (Å²) in [5.41, 5.74) is 7.47. The maximum absolute atomic E-state index is 12.3. The van der Waals surface area contributed by atoms with Crippen molar-refractivity contribution in [2.45, 2.75) is 32.6 Å². The van der Waals surface area contributed by atoms with Crippen LogP contribution >= 0.6 is 0 Å². The number of carbonyl (C=O) groups excluding carboxylic acids is 1. The first-order valence-electron chi connectivity index (χ1n) is 11.5. The Kier molecular flexibility index (Phi) is 4.34. The molecular weight excluding hydrogens is 408 g/mol. The molecule has 2 atom stereocenters. The largest absolute Gasteiger partial charge is 0.507 e. The molecule has 3 aliphatic carbocycles. The van der Waals surface area contributed by atoms with Gasteiger partial charge in [-0.1, -0.05) is 62.4 Å². The fourth-order valence-corrected chi connectivity index (χ4v) is 5.88. The van der Waals surface area contributed by atoms with E-state index in [4.69, 9.17) is 5.10 Å². The van der Waals surface area contributed by atoms with Gasteiger partial charge in [-0.3, -0.25) is 4.79 Å². The van der Waals surface area contributed by atoms with Crippen LogP contribution in [0.25, 0.3) is 28.1 Å². The van der Waals surface area contributed by atoms with Crippen LogP contribution < -0.4 is 0 Å². The van der Waals surface area contributed by atoms with Crippen molar-refractivity contribution in [2.75, 3.05) is 0 Å². The second kappa shape index (κ2) is 7.17. The standard InChI is InChI=1S/C29H26N2O2/c1-29(2)19-15-22-27(24(29)16-19)30-31(20-11-7-4-8-12-20)28(22)26-21(18-9-5-3-6-10-18)13-14-25(33)23(26)17-32/h3-14,17,19,24,33H,15-16H2,1-2H3. The molecule has 2 bridgehead atoms. The Morgan fingerprint density at radius 3 is 2.36 bits per heavy atom. The zero-order valence-corrected chi connectivity index (χ0v) is 18.8. The highest BCUT2D eigenvalue weighted by Gasteiger charge is 2.55. The summed E-state index contributed by atoms with van der Waals surface area (Å²) < 4.78 is 2.00. The third kappa shape index (κ3) is 2.83. The van der Waals surface area contributed by atoms with E-state index in [0.717, 1.165) is 52.9 Å². The van der Waals surface area contributed by atoms with Crippen molar-refractivity contribution in [1.82, 2.24) is 9.78 Å². The van der Waals surface area contributed by atoms with E-state index < -0.39 is 0 Å². The lowest BCUT2D eigenvalue weighted by Gasteiger charge is -2.55. The molecule has 3 aromatic carbocycles. The van der Waals surface area contributed by atoms with Crippen LogP contribution in [0.2, 0.25) is 0 Å². The molecule has 3 aliphatic rings. The van der Waals surface area contributed by atoms with Crippen molar-refractivity contribution >= 4 is 6.29 Å². The molecule has 0 saturated heterocycles. The van der Waals surface area contributed by atoms with Crippen molar-refractivity contribution < 1.29 is 9.90 Å². The van der Waals surface area contributed by atoms with Gasteiger partial charge in [0.2, 0.25) is 0 Å². The molecule has 2 unspecified atom stereocenters. The first kappa shape index (κ1) is 20.0. The number of nitrogens with zero attached hydrogens (tertiary/aromatic N) is 2. The molecule has 1 aromatic heterocycles. The monoisotopic (exact) mass is 434 g/mol. The molecule has 0 aliphatic heterocycles. The molecule has 1 heterocycles. The average molecular weight is 435 g/mol. The molecular formula is C29H26N2O2. The van der Waals surface area contributed by atoms with Crippen LogP contribution in [0.5, 0.6) is 5.75 Å². The molecule has 164 valence electrons. The van der Waals surface area contributed by atoms with Crippen LogP contribution in [0.15, 0.2) is 72.8 Å². The Morgan fingerprint density at radius 2 is 1.70 bits per heavy atom. The van der Waals surface area contributed by atoms with Gasteiger partial charge in [0, 0.05) is 17.0 Å². The average Bonchev–Trinajstić information content (AvgIpc) is 3.24. The number of phenols is 1. The van der Waals surface area contributed by atoms with Crippen molar-refractivity contribution in [3.05, 3.63) is 89.6 Å². The van der Waals surface area contributed by atoms with Crippen LogP contribution in [0.4, 0.5) is 0 Å². The lowest BCUT2D eigenvalue weighted by Crippen LogP contribution is -2.48. The van der Waals surface area contributed by atoms with Gasteiger partial charge in [-0.05, 0) is 59.6 Å². The van der Waals surface area contributed by atoms with E-state index >= 15 is 0 Å². The number of phenolic OH excluding ortho intramolecular Hbond substituents is 1. The van der Waals surface area contributed by atoms with Crippen molar-refractivity contribution in [3.63, 3.8) is 0 Å². The quantitative estimate of drug-likeness (QED) is 0.378. The normalized spacial score (nSPS) is 20.1. The SMILES string of the molecule is CC1(C)C2Cc3c(nn(-c4ccccc4)c3-c3c(-c4ccccc4)ccc(O)c3C=O)C1C2. The molecule has 1 fully saturated rings. The third-order valence-electron chi connectivity index (χ3n) is 7.93. The maximum atomic E-state index is 12.3. The highest BCUT2D eigenvalue weighted by Crippen LogP contribution is 2.63. The summed E-state index contributed by atoms with van der Waals surface area (Å²) in [7, 11) is 0. The lowest BCUT2D eigenvalue weighted by atomic mass is 9.48. The molecule has 0 amide bonds. The van der Waals surface area contributed by atoms with Gasteiger partial charge in [0.15, 0.2) is 6.29 Å². The summed E-state index contributed by atoms with van der Waals surface area (Å²) in [4.78, 5) is 12.3. The summed E-state index contributed by atoms with van der Waals surface area (Å²) in [6, 6.07) is 23.7. The minimum Gasteiger partial charge on any atom is -0.507 e. The van der Waals surface area contributed by atoms with Gasteiger partial charge >= 0.3 is 0 Å². The van der Waals surface area contributed by atoms with E-state index in [9.17, 15) is 9.90 Å². The summed E-state index contributed by atoms with van der Waals surface area (Å²) in [5, 5.41) is 15.9. The van der Waals surface area contributed by atoms with E-state index in [0.29, 0.717) is 17.4 Å². The van der Waals surface area contributed by atoms with Crippen LogP contribution in [0, 0.1) is 11.3 Å². The summed E-state index contributed by atoms with van der Waals surface area (Å²) in [6.45, 7) is 4.69. The molecule has 33 heavy (non-hydrogen) atoms. The molecule has 4 aromatic rings. The topological polar surface area (TPSA) is 55.1 Å². The summed E-state index contributed by atoms with van der Waals surface area (Å²) in [6.07, 6.45) is 2.87. The van der Waals surface area contributed by atoms with Crippen molar-refractivity contribution in [1.29, 1.82) is 0 Å². The van der Waals surface area contributed by atoms with Gasteiger partial charge < -0.3 is 5.11 Å². The Balaban J connectivity index is 1.71. The molecule has 4 heteroatoms. The fourth-order valence-electron chi connectivity index (χ4n) is 5.88. The van der Waals surface area contributed by atoms with E-state index in [1.165, 1.54) is 5.56 Å². The van der Waals surface area contributed by atoms with E-state index in [2.05, 4.69) is 13.8 Å². The van der Waals surface area contributed by atoms with Crippen LogP contribution in [-0.2, 0) is 6.42 Å². The van der Waals surface area contributed by atoms with Gasteiger partial charge in [-0.25, -0.2) is 4.68 Å². The van der Waals surface area contributed by atoms with Gasteiger partial charge in [-0.15, -0.1) is 0 Å². The van der Waals surface area contributed by atoms with Gasteiger partial charge in [0.05, 0.1) is 22.6 Å². The molecule has 1 N–H and O–H groups in total. The fraction of sp³-hybridized carbons (Fsp3) is 0.241. The second-order valence-corrected chi connectivity index (χ2v) is 9.88. The number of carbonyl (C=O) groups is 1. The highest BCUT2D eigenvalue weighted by molar-refractivity contribution is 5.98. The van der Waals surface area contributed by atoms with Gasteiger partial charge in [0.25, 0.3) is 0 Å². The number of hydrogen-bond acceptors (Lipinski definition) is 3. The number of benzene rings is 3. The van der Waals surface area contributed by atoms with Crippen LogP contribution in [-0.4, -0.2) is 21.2 Å². The first-order chi connectivity index (χ1) is 16.0. The van der Waals surface area contributed by atoms with E-state index in [1.54, 1.807) is 6.07 Å². The molecule has 7 rings (SSSR count). The molecule has 4 nitrogen and oxygen atoms in total. The van der Waals surface area contributed by atoms with Crippen LogP contribution in [0.3, 0.4) is 0 Å². The smallest absolute Gasteiger partial charge is 0.154 e. The number of para-hydroxylation sites is 1. The van der Waals surface area contributed by atoms with Gasteiger partial charge in [0.1, 0.15) is 5.75 Å². The predicted molar refractivity (Wildman–Crippen MR) is 130 cm³/mol. The Hall–Kier alpha value is -3.66. The van der Waals surface area contributed by atoms with Gasteiger partial charge in [-0.2, -0.15) is 5.10 Å². The minimum absolute atomic E-state index is 0.00413. The third-order valence-corrected chi connectivity index (χ3v) is 7.93. The maximum Gasteiger partial charge on any atom is 0.154 e. The number of aromatic nitrogens is 2. The highest BCUT2D eigenvalue weighted by atomic mass is 16.3. The summed E-state index contributed by atoms with van der Waals surface area (Å²) >= 11 is 0. The molecule has 0 spiro atoms. The molecule has 0 radical (unpaired) electrons. The number of aromatic hydroxyl groups is 1. The Labute approximate surface area is 193 Å². The zero-order valence-electron chi connectivity index (χ0n) is 18.8. The Morgan fingerprint density at radius 1 is 1.00 bits per heavy atom. The minimum atomic E-state index is -0.00413. The number of hydrogen-bond donors (Lipinski definition) is 1. The second-order valence-electron chi connectivity index (χ2n) is 9.88. The summed E-state index contributed by atoms with van der Waals surface area (Å²) in [5.74, 6) is 1.00.